The van der Waals surface area contributed by atoms with Crippen LogP contribution in [0.4, 0.5) is 5.69 Å². The fraction of sp³-hybridized carbons (Fsp3) is 0.200. The number of imidazole rings is 1. The predicted octanol–water partition coefficient (Wildman–Crippen LogP) is 7.51. The summed E-state index contributed by atoms with van der Waals surface area (Å²) in [6.07, 6.45) is 12.4. The lowest BCUT2D eigenvalue weighted by atomic mass is 10.0. The fourth-order valence-corrected chi connectivity index (χ4v) is 5.77. The van der Waals surface area contributed by atoms with Crippen molar-refractivity contribution in [3.8, 4) is 22.8 Å². The highest BCUT2D eigenvalue weighted by molar-refractivity contribution is 7.08. The van der Waals surface area contributed by atoms with Gasteiger partial charge in [0.2, 0.25) is 0 Å². The van der Waals surface area contributed by atoms with Gasteiger partial charge in [0.15, 0.2) is 11.5 Å². The van der Waals surface area contributed by atoms with E-state index in [0.717, 1.165) is 56.2 Å². The number of nitrogens with one attached hydrogen (secondary N) is 3. The number of allylic oxidation sites excluding steroid dienone is 3. The van der Waals surface area contributed by atoms with Crippen molar-refractivity contribution < 1.29 is 0 Å². The van der Waals surface area contributed by atoms with Gasteiger partial charge in [0.05, 0.1) is 28.8 Å². The second kappa shape index (κ2) is 10.2. The topological polar surface area (TPSA) is 95.2 Å². The quantitative estimate of drug-likeness (QED) is 0.184. The molecule has 0 amide bonds. The summed E-state index contributed by atoms with van der Waals surface area (Å²) in [5.41, 5.74) is 9.96. The van der Waals surface area contributed by atoms with Crippen molar-refractivity contribution in [3.05, 3.63) is 95.4 Å². The number of aromatic amines is 2. The second-order valence-electron chi connectivity index (χ2n) is 9.65. The summed E-state index contributed by atoms with van der Waals surface area (Å²) >= 11 is 1.66. The van der Waals surface area contributed by atoms with E-state index in [1.165, 1.54) is 25.7 Å². The molecule has 1 fully saturated rings. The van der Waals surface area contributed by atoms with Crippen LogP contribution in [-0.2, 0) is 0 Å². The van der Waals surface area contributed by atoms with Crippen LogP contribution in [0, 0.1) is 12.8 Å². The van der Waals surface area contributed by atoms with Crippen LogP contribution in [0.3, 0.4) is 0 Å². The van der Waals surface area contributed by atoms with Gasteiger partial charge in [-0.15, -0.1) is 0 Å². The summed E-state index contributed by atoms with van der Waals surface area (Å²) in [5.74, 6) is 1.20. The Morgan fingerprint density at radius 3 is 2.82 bits per heavy atom. The van der Waals surface area contributed by atoms with Crippen molar-refractivity contribution >= 4 is 33.6 Å². The maximum absolute atomic E-state index is 4.98. The highest BCUT2D eigenvalue weighted by Gasteiger charge is 2.20. The van der Waals surface area contributed by atoms with Crippen LogP contribution in [0.25, 0.3) is 39.4 Å². The van der Waals surface area contributed by atoms with E-state index in [2.05, 4.69) is 61.5 Å². The number of rotatable bonds is 8. The van der Waals surface area contributed by atoms with Gasteiger partial charge in [-0.25, -0.2) is 9.97 Å². The number of pyridine rings is 2. The average molecular weight is 520 g/mol. The Balaban J connectivity index is 1.33. The van der Waals surface area contributed by atoms with Crippen molar-refractivity contribution in [1.82, 2.24) is 30.1 Å². The third-order valence-electron chi connectivity index (χ3n) is 7.08. The Morgan fingerprint density at radius 2 is 2.03 bits per heavy atom. The van der Waals surface area contributed by atoms with E-state index in [1.54, 1.807) is 17.4 Å². The SMILES string of the molecule is C=C/C=C(/c1ccsc1)c1nc(-c2n[nH]c3ccc(-c4cncc(NC(=C)C5CCCC5)c4)nc23)[nH]c1C. The maximum atomic E-state index is 4.98. The Bertz CT molecular complexity index is 1650. The molecule has 1 saturated carbocycles. The summed E-state index contributed by atoms with van der Waals surface area (Å²) in [6.45, 7) is 10.2. The summed E-state index contributed by atoms with van der Waals surface area (Å²) in [4.78, 5) is 17.8. The maximum Gasteiger partial charge on any atom is 0.161 e. The van der Waals surface area contributed by atoms with Gasteiger partial charge in [-0.3, -0.25) is 10.1 Å². The summed E-state index contributed by atoms with van der Waals surface area (Å²) < 4.78 is 0. The highest BCUT2D eigenvalue weighted by atomic mass is 32.1. The van der Waals surface area contributed by atoms with Crippen molar-refractivity contribution in [1.29, 1.82) is 0 Å². The van der Waals surface area contributed by atoms with Gasteiger partial charge in [0, 0.05) is 28.7 Å². The molecule has 1 aliphatic carbocycles. The van der Waals surface area contributed by atoms with Gasteiger partial charge in [-0.1, -0.05) is 38.2 Å². The molecule has 0 aliphatic heterocycles. The summed E-state index contributed by atoms with van der Waals surface area (Å²) in [6, 6.07) is 8.14. The molecule has 0 unspecified atom stereocenters. The lowest BCUT2D eigenvalue weighted by molar-refractivity contribution is 0.649. The number of aromatic nitrogens is 6. The molecule has 0 atom stereocenters. The summed E-state index contributed by atoms with van der Waals surface area (Å²) in [5, 5.41) is 15.3. The molecule has 7 nitrogen and oxygen atoms in total. The molecule has 6 rings (SSSR count). The number of H-pyrrole nitrogens is 2. The monoisotopic (exact) mass is 519 g/mol. The van der Waals surface area contributed by atoms with Crippen LogP contribution >= 0.6 is 11.3 Å². The van der Waals surface area contributed by atoms with Crippen LogP contribution in [0.1, 0.15) is 42.6 Å². The standard InChI is InChI=1S/C30H29N7S/c1-4-7-24(21-12-13-38-17-21)27-19(3)33-30(35-27)29-28-26(36-37-29)11-10-25(34-28)22-14-23(16-31-15-22)32-18(2)20-8-5-6-9-20/h4,7,10-17,20,32H,1-2,5-6,8-9H2,3H3,(H,33,35)(H,36,37)/b24-7-. The molecule has 38 heavy (non-hydrogen) atoms. The van der Waals surface area contributed by atoms with E-state index < -0.39 is 0 Å². The zero-order chi connectivity index (χ0) is 26.1. The number of nitrogens with zero attached hydrogens (tertiary/aromatic N) is 4. The number of anilines is 1. The zero-order valence-electron chi connectivity index (χ0n) is 21.3. The van der Waals surface area contributed by atoms with Gasteiger partial charge in [0.1, 0.15) is 5.52 Å². The Morgan fingerprint density at radius 1 is 1.16 bits per heavy atom. The predicted molar refractivity (Wildman–Crippen MR) is 156 cm³/mol. The van der Waals surface area contributed by atoms with Crippen molar-refractivity contribution in [2.24, 2.45) is 5.92 Å². The van der Waals surface area contributed by atoms with E-state index in [4.69, 9.17) is 9.97 Å². The van der Waals surface area contributed by atoms with Crippen LogP contribution < -0.4 is 5.32 Å². The second-order valence-corrected chi connectivity index (χ2v) is 10.4. The van der Waals surface area contributed by atoms with Gasteiger partial charge < -0.3 is 10.3 Å². The van der Waals surface area contributed by atoms with Crippen LogP contribution in [0.2, 0.25) is 0 Å². The van der Waals surface area contributed by atoms with Gasteiger partial charge in [-0.05, 0) is 66.3 Å². The van der Waals surface area contributed by atoms with Crippen LogP contribution in [-0.4, -0.2) is 30.1 Å². The first kappa shape index (κ1) is 24.1. The number of hydrogen-bond donors (Lipinski definition) is 3. The van der Waals surface area contributed by atoms with Crippen molar-refractivity contribution in [2.45, 2.75) is 32.6 Å². The molecule has 0 bridgehead atoms. The minimum absolute atomic E-state index is 0.532. The lowest BCUT2D eigenvalue weighted by Gasteiger charge is -2.15. The molecule has 0 spiro atoms. The number of fused-ring (bicyclic) bond motifs is 1. The largest absolute Gasteiger partial charge is 0.358 e. The molecule has 1 aliphatic rings. The number of aryl methyl sites for hydroxylation is 1. The van der Waals surface area contributed by atoms with Crippen LogP contribution in [0.15, 0.2) is 78.4 Å². The molecule has 0 aromatic carbocycles. The normalized spacial score (nSPS) is 14.3. The van der Waals surface area contributed by atoms with Gasteiger partial charge >= 0.3 is 0 Å². The van der Waals surface area contributed by atoms with Crippen LogP contribution in [0.5, 0.6) is 0 Å². The molecular weight excluding hydrogens is 490 g/mol. The molecule has 190 valence electrons. The molecule has 3 N–H and O–H groups in total. The molecule has 0 saturated heterocycles. The number of hydrogen-bond acceptors (Lipinski definition) is 6. The van der Waals surface area contributed by atoms with E-state index in [9.17, 15) is 0 Å². The molecule has 8 heteroatoms. The lowest BCUT2D eigenvalue weighted by Crippen LogP contribution is -2.07. The first-order chi connectivity index (χ1) is 18.6. The average Bonchev–Trinajstić information content (AvgIpc) is 3.74. The zero-order valence-corrected chi connectivity index (χ0v) is 22.1. The third kappa shape index (κ3) is 4.59. The fourth-order valence-electron chi connectivity index (χ4n) is 5.12. The van der Waals surface area contributed by atoms with E-state index in [0.29, 0.717) is 17.4 Å². The summed E-state index contributed by atoms with van der Waals surface area (Å²) in [7, 11) is 0. The Hall–Kier alpha value is -4.30. The van der Waals surface area contributed by atoms with Crippen molar-refractivity contribution in [2.75, 3.05) is 5.32 Å². The minimum atomic E-state index is 0.532. The first-order valence-corrected chi connectivity index (χ1v) is 13.7. The first-order valence-electron chi connectivity index (χ1n) is 12.8. The Labute approximate surface area is 225 Å². The highest BCUT2D eigenvalue weighted by Crippen LogP contribution is 2.33. The van der Waals surface area contributed by atoms with Gasteiger partial charge in [0.25, 0.3) is 0 Å². The minimum Gasteiger partial charge on any atom is -0.358 e. The molecule has 5 aromatic heterocycles. The smallest absolute Gasteiger partial charge is 0.161 e. The molecule has 5 aromatic rings. The molecular formula is C30H29N7S. The van der Waals surface area contributed by atoms with Gasteiger partial charge in [-0.2, -0.15) is 16.4 Å². The van der Waals surface area contributed by atoms with E-state index in [-0.39, 0.29) is 0 Å². The Kier molecular flexibility index (Phi) is 6.47. The third-order valence-corrected chi connectivity index (χ3v) is 7.76. The van der Waals surface area contributed by atoms with E-state index >= 15 is 0 Å². The molecule has 0 radical (unpaired) electrons. The van der Waals surface area contributed by atoms with E-state index in [1.807, 2.05) is 37.5 Å². The molecule has 5 heterocycles. The van der Waals surface area contributed by atoms with Crippen molar-refractivity contribution in [3.63, 3.8) is 0 Å². The number of thiophene rings is 1.